The third-order valence-corrected chi connectivity index (χ3v) is 5.77. The Morgan fingerprint density at radius 2 is 2.05 bits per heavy atom. The standard InChI is InChI=1S/C13H17F2NO2S/c1-2-16-10-4-5-11(8-10)19(17,18)13-6-3-9(14)7-12(13)15/h3,6-7,10-11,16H,2,4-5,8H2,1H3. The Labute approximate surface area is 111 Å². The zero-order valence-corrected chi connectivity index (χ0v) is 11.5. The van der Waals surface area contributed by atoms with Gasteiger partial charge in [-0.15, -0.1) is 0 Å². The number of halogens is 2. The molecule has 0 bridgehead atoms. The second-order valence-electron chi connectivity index (χ2n) is 4.81. The highest BCUT2D eigenvalue weighted by molar-refractivity contribution is 7.92. The molecule has 0 saturated heterocycles. The number of benzene rings is 1. The summed E-state index contributed by atoms with van der Waals surface area (Å²) in [6.07, 6.45) is 1.75. The lowest BCUT2D eigenvalue weighted by molar-refractivity contribution is 0.530. The van der Waals surface area contributed by atoms with Crippen LogP contribution in [0.5, 0.6) is 0 Å². The summed E-state index contributed by atoms with van der Waals surface area (Å²) in [5.41, 5.74) is 0. The molecule has 1 aliphatic carbocycles. The molecule has 1 aliphatic rings. The molecule has 2 rings (SSSR count). The first-order valence-corrected chi connectivity index (χ1v) is 7.92. The van der Waals surface area contributed by atoms with Gasteiger partial charge in [-0.3, -0.25) is 0 Å². The predicted molar refractivity (Wildman–Crippen MR) is 68.6 cm³/mol. The summed E-state index contributed by atoms with van der Waals surface area (Å²) in [5, 5.41) is 2.62. The smallest absolute Gasteiger partial charge is 0.184 e. The van der Waals surface area contributed by atoms with Gasteiger partial charge in [0.05, 0.1) is 5.25 Å². The normalized spacial score (nSPS) is 23.7. The summed E-state index contributed by atoms with van der Waals surface area (Å²) in [6.45, 7) is 2.74. The van der Waals surface area contributed by atoms with Crippen molar-refractivity contribution in [3.05, 3.63) is 29.8 Å². The lowest BCUT2D eigenvalue weighted by Gasteiger charge is -2.13. The van der Waals surface area contributed by atoms with Gasteiger partial charge in [0.2, 0.25) is 0 Å². The summed E-state index contributed by atoms with van der Waals surface area (Å²) in [7, 11) is -3.72. The Bertz CT molecular complexity index is 560. The lowest BCUT2D eigenvalue weighted by atomic mass is 10.2. The predicted octanol–water partition coefficient (Wildman–Crippen LogP) is 2.27. The molecule has 0 spiro atoms. The van der Waals surface area contributed by atoms with E-state index >= 15 is 0 Å². The van der Waals surface area contributed by atoms with Crippen molar-refractivity contribution in [2.24, 2.45) is 0 Å². The van der Waals surface area contributed by atoms with Crippen molar-refractivity contribution >= 4 is 9.84 Å². The fourth-order valence-electron chi connectivity index (χ4n) is 2.58. The lowest BCUT2D eigenvalue weighted by Crippen LogP contribution is -2.28. The van der Waals surface area contributed by atoms with Crippen LogP contribution < -0.4 is 5.32 Å². The molecule has 0 aliphatic heterocycles. The Kier molecular flexibility index (Phi) is 4.20. The first-order chi connectivity index (χ1) is 8.95. The van der Waals surface area contributed by atoms with Gasteiger partial charge in [-0.25, -0.2) is 17.2 Å². The van der Waals surface area contributed by atoms with E-state index in [1.807, 2.05) is 6.92 Å². The molecular formula is C13H17F2NO2S. The van der Waals surface area contributed by atoms with Crippen molar-refractivity contribution in [3.63, 3.8) is 0 Å². The molecule has 3 nitrogen and oxygen atoms in total. The molecule has 1 aromatic carbocycles. The van der Waals surface area contributed by atoms with E-state index in [2.05, 4.69) is 5.32 Å². The molecule has 19 heavy (non-hydrogen) atoms. The van der Waals surface area contributed by atoms with Crippen LogP contribution in [0.4, 0.5) is 8.78 Å². The highest BCUT2D eigenvalue weighted by Crippen LogP contribution is 2.31. The molecule has 0 radical (unpaired) electrons. The van der Waals surface area contributed by atoms with Gasteiger partial charge in [-0.05, 0) is 37.9 Å². The minimum Gasteiger partial charge on any atom is -0.314 e. The fourth-order valence-corrected chi connectivity index (χ4v) is 4.46. The number of sulfone groups is 1. The van der Waals surface area contributed by atoms with Crippen molar-refractivity contribution in [2.75, 3.05) is 6.54 Å². The molecule has 0 heterocycles. The molecule has 1 aromatic rings. The maximum absolute atomic E-state index is 13.6. The van der Waals surface area contributed by atoms with Gasteiger partial charge in [0.1, 0.15) is 16.5 Å². The summed E-state index contributed by atoms with van der Waals surface area (Å²) >= 11 is 0. The third kappa shape index (κ3) is 2.95. The Morgan fingerprint density at radius 1 is 1.32 bits per heavy atom. The van der Waals surface area contributed by atoms with E-state index in [0.717, 1.165) is 25.1 Å². The SMILES string of the molecule is CCNC1CCC(S(=O)(=O)c2ccc(F)cc2F)C1. The van der Waals surface area contributed by atoms with Crippen molar-refractivity contribution < 1.29 is 17.2 Å². The van der Waals surface area contributed by atoms with E-state index in [-0.39, 0.29) is 6.04 Å². The Hall–Kier alpha value is -1.01. The summed E-state index contributed by atoms with van der Waals surface area (Å²) < 4.78 is 51.1. The largest absolute Gasteiger partial charge is 0.314 e. The highest BCUT2D eigenvalue weighted by atomic mass is 32.2. The second-order valence-corrected chi connectivity index (χ2v) is 7.01. The van der Waals surface area contributed by atoms with Crippen LogP contribution in [0.3, 0.4) is 0 Å². The van der Waals surface area contributed by atoms with E-state index in [4.69, 9.17) is 0 Å². The zero-order valence-electron chi connectivity index (χ0n) is 10.7. The zero-order chi connectivity index (χ0) is 14.0. The highest BCUT2D eigenvalue weighted by Gasteiger charge is 2.36. The maximum atomic E-state index is 13.6. The van der Waals surface area contributed by atoms with Gasteiger partial charge in [-0.1, -0.05) is 6.92 Å². The molecule has 0 amide bonds. The van der Waals surface area contributed by atoms with Crippen LogP contribution in [-0.2, 0) is 9.84 Å². The van der Waals surface area contributed by atoms with Crippen molar-refractivity contribution in [3.8, 4) is 0 Å². The quantitative estimate of drug-likeness (QED) is 0.865. The van der Waals surface area contributed by atoms with Crippen LogP contribution in [0.1, 0.15) is 26.2 Å². The first kappa shape index (κ1) is 14.4. The Morgan fingerprint density at radius 3 is 2.68 bits per heavy atom. The number of hydrogen-bond acceptors (Lipinski definition) is 3. The van der Waals surface area contributed by atoms with Crippen LogP contribution in [0.2, 0.25) is 0 Å². The van der Waals surface area contributed by atoms with Crippen LogP contribution in [0.15, 0.2) is 23.1 Å². The molecule has 1 N–H and O–H groups in total. The molecule has 1 saturated carbocycles. The second kappa shape index (κ2) is 5.54. The topological polar surface area (TPSA) is 46.2 Å². The minimum atomic E-state index is -3.72. The molecular weight excluding hydrogens is 272 g/mol. The molecule has 0 aromatic heterocycles. The number of nitrogens with one attached hydrogen (secondary N) is 1. The average Bonchev–Trinajstić information content (AvgIpc) is 2.78. The Balaban J connectivity index is 2.23. The molecule has 1 fully saturated rings. The maximum Gasteiger partial charge on any atom is 0.184 e. The molecule has 106 valence electrons. The number of rotatable bonds is 4. The fraction of sp³-hybridized carbons (Fsp3) is 0.538. The molecule has 6 heteroatoms. The van der Waals surface area contributed by atoms with E-state index in [1.165, 1.54) is 0 Å². The molecule has 2 atom stereocenters. The first-order valence-electron chi connectivity index (χ1n) is 6.37. The van der Waals surface area contributed by atoms with Crippen molar-refractivity contribution in [2.45, 2.75) is 42.4 Å². The van der Waals surface area contributed by atoms with Crippen LogP contribution in [0.25, 0.3) is 0 Å². The number of hydrogen-bond donors (Lipinski definition) is 1. The monoisotopic (exact) mass is 289 g/mol. The summed E-state index contributed by atoms with van der Waals surface area (Å²) in [5.74, 6) is -1.78. The van der Waals surface area contributed by atoms with Gasteiger partial charge in [0.25, 0.3) is 0 Å². The van der Waals surface area contributed by atoms with Gasteiger partial charge in [-0.2, -0.15) is 0 Å². The van der Waals surface area contributed by atoms with Crippen molar-refractivity contribution in [1.82, 2.24) is 5.32 Å². The third-order valence-electron chi connectivity index (χ3n) is 3.52. The van der Waals surface area contributed by atoms with Gasteiger partial charge in [0, 0.05) is 12.1 Å². The van der Waals surface area contributed by atoms with E-state index in [1.54, 1.807) is 0 Å². The van der Waals surface area contributed by atoms with Crippen LogP contribution in [-0.4, -0.2) is 26.3 Å². The van der Waals surface area contributed by atoms with Crippen molar-refractivity contribution in [1.29, 1.82) is 0 Å². The van der Waals surface area contributed by atoms with Gasteiger partial charge in [0.15, 0.2) is 9.84 Å². The summed E-state index contributed by atoms with van der Waals surface area (Å²) in [6, 6.07) is 2.77. The molecule has 2 unspecified atom stereocenters. The van der Waals surface area contributed by atoms with Gasteiger partial charge < -0.3 is 5.32 Å². The van der Waals surface area contributed by atoms with E-state index < -0.39 is 31.6 Å². The summed E-state index contributed by atoms with van der Waals surface area (Å²) in [4.78, 5) is -0.393. The van der Waals surface area contributed by atoms with Gasteiger partial charge >= 0.3 is 0 Å². The van der Waals surface area contributed by atoms with E-state index in [0.29, 0.717) is 18.9 Å². The van der Waals surface area contributed by atoms with Crippen LogP contribution >= 0.6 is 0 Å². The van der Waals surface area contributed by atoms with E-state index in [9.17, 15) is 17.2 Å². The minimum absolute atomic E-state index is 0.160. The average molecular weight is 289 g/mol. The van der Waals surface area contributed by atoms with Crippen LogP contribution in [0, 0.1) is 11.6 Å².